The SMILES string of the molecule is Cc1nc2c(c(N3CCN(Cc4ncccc4C)CC3)n1)CCNCC2. The zero-order chi connectivity index (χ0) is 17.9. The van der Waals surface area contributed by atoms with E-state index in [9.17, 15) is 0 Å². The van der Waals surface area contributed by atoms with Gasteiger partial charge >= 0.3 is 0 Å². The minimum absolute atomic E-state index is 0.896. The average molecular weight is 352 g/mol. The van der Waals surface area contributed by atoms with Gasteiger partial charge in [-0.25, -0.2) is 9.97 Å². The van der Waals surface area contributed by atoms with Crippen LogP contribution in [0.25, 0.3) is 0 Å². The van der Waals surface area contributed by atoms with E-state index in [2.05, 4.69) is 33.1 Å². The van der Waals surface area contributed by atoms with E-state index < -0.39 is 0 Å². The van der Waals surface area contributed by atoms with E-state index in [1.807, 2.05) is 19.2 Å². The van der Waals surface area contributed by atoms with Crippen LogP contribution in [-0.2, 0) is 19.4 Å². The van der Waals surface area contributed by atoms with Gasteiger partial charge in [-0.15, -0.1) is 0 Å². The second-order valence-electron chi connectivity index (χ2n) is 7.30. The summed E-state index contributed by atoms with van der Waals surface area (Å²) >= 11 is 0. The highest BCUT2D eigenvalue weighted by atomic mass is 15.3. The number of nitrogens with zero attached hydrogens (tertiary/aromatic N) is 5. The Balaban J connectivity index is 1.47. The van der Waals surface area contributed by atoms with Gasteiger partial charge in [0.2, 0.25) is 0 Å². The van der Waals surface area contributed by atoms with Crippen LogP contribution in [0, 0.1) is 13.8 Å². The molecule has 0 amide bonds. The largest absolute Gasteiger partial charge is 0.354 e. The zero-order valence-corrected chi connectivity index (χ0v) is 15.8. The summed E-state index contributed by atoms with van der Waals surface area (Å²) in [4.78, 5) is 19.0. The van der Waals surface area contributed by atoms with Gasteiger partial charge in [0.25, 0.3) is 0 Å². The van der Waals surface area contributed by atoms with E-state index in [0.29, 0.717) is 0 Å². The van der Waals surface area contributed by atoms with Gasteiger partial charge < -0.3 is 10.2 Å². The van der Waals surface area contributed by atoms with Crippen molar-refractivity contribution in [3.8, 4) is 0 Å². The van der Waals surface area contributed by atoms with Gasteiger partial charge in [0, 0.05) is 57.4 Å². The van der Waals surface area contributed by atoms with Gasteiger partial charge in [-0.3, -0.25) is 9.88 Å². The predicted molar refractivity (Wildman–Crippen MR) is 104 cm³/mol. The average Bonchev–Trinajstić information content (AvgIpc) is 2.89. The van der Waals surface area contributed by atoms with Crippen LogP contribution >= 0.6 is 0 Å². The number of piperazine rings is 1. The van der Waals surface area contributed by atoms with E-state index in [1.165, 1.54) is 28.3 Å². The number of aryl methyl sites for hydroxylation is 2. The highest BCUT2D eigenvalue weighted by Gasteiger charge is 2.24. The first kappa shape index (κ1) is 17.4. The van der Waals surface area contributed by atoms with Gasteiger partial charge in [0.1, 0.15) is 11.6 Å². The lowest BCUT2D eigenvalue weighted by Crippen LogP contribution is -2.47. The number of rotatable bonds is 3. The third kappa shape index (κ3) is 3.71. The Morgan fingerprint density at radius 2 is 1.85 bits per heavy atom. The van der Waals surface area contributed by atoms with Crippen LogP contribution in [0.3, 0.4) is 0 Å². The molecule has 0 unspecified atom stereocenters. The maximum Gasteiger partial charge on any atom is 0.135 e. The van der Waals surface area contributed by atoms with E-state index in [4.69, 9.17) is 9.97 Å². The molecule has 0 aliphatic carbocycles. The minimum atomic E-state index is 0.896. The molecule has 2 aliphatic heterocycles. The molecule has 26 heavy (non-hydrogen) atoms. The summed E-state index contributed by atoms with van der Waals surface area (Å²) in [6.45, 7) is 11.3. The molecule has 0 radical (unpaired) electrons. The third-order valence-electron chi connectivity index (χ3n) is 5.44. The lowest BCUT2D eigenvalue weighted by atomic mass is 10.1. The van der Waals surface area contributed by atoms with Crippen LogP contribution in [0.2, 0.25) is 0 Å². The maximum absolute atomic E-state index is 4.83. The first-order valence-electron chi connectivity index (χ1n) is 9.65. The number of anilines is 1. The first-order valence-corrected chi connectivity index (χ1v) is 9.65. The molecule has 0 atom stereocenters. The highest BCUT2D eigenvalue weighted by molar-refractivity contribution is 5.50. The van der Waals surface area contributed by atoms with Gasteiger partial charge in [-0.2, -0.15) is 0 Å². The molecule has 0 aromatic carbocycles. The molecular weight excluding hydrogens is 324 g/mol. The lowest BCUT2D eigenvalue weighted by Gasteiger charge is -2.36. The summed E-state index contributed by atoms with van der Waals surface area (Å²) in [5.74, 6) is 2.07. The fourth-order valence-electron chi connectivity index (χ4n) is 3.92. The number of hydrogen-bond acceptors (Lipinski definition) is 6. The zero-order valence-electron chi connectivity index (χ0n) is 15.8. The van der Waals surface area contributed by atoms with Crippen molar-refractivity contribution in [3.05, 3.63) is 46.7 Å². The van der Waals surface area contributed by atoms with E-state index in [-0.39, 0.29) is 0 Å². The Morgan fingerprint density at radius 3 is 2.65 bits per heavy atom. The third-order valence-corrected chi connectivity index (χ3v) is 5.44. The van der Waals surface area contributed by atoms with E-state index >= 15 is 0 Å². The summed E-state index contributed by atoms with van der Waals surface area (Å²) in [5, 5.41) is 3.48. The highest BCUT2D eigenvalue weighted by Crippen LogP contribution is 2.24. The first-order chi connectivity index (χ1) is 12.7. The second-order valence-corrected chi connectivity index (χ2v) is 7.30. The van der Waals surface area contributed by atoms with E-state index in [1.54, 1.807) is 0 Å². The van der Waals surface area contributed by atoms with Crippen molar-refractivity contribution in [1.29, 1.82) is 0 Å². The van der Waals surface area contributed by atoms with Crippen molar-refractivity contribution in [2.75, 3.05) is 44.2 Å². The molecular formula is C20H28N6. The predicted octanol–water partition coefficient (Wildman–Crippen LogP) is 1.50. The lowest BCUT2D eigenvalue weighted by molar-refractivity contribution is 0.246. The number of aromatic nitrogens is 3. The Hall–Kier alpha value is -2.05. The molecule has 1 fully saturated rings. The van der Waals surface area contributed by atoms with Crippen LogP contribution in [0.15, 0.2) is 18.3 Å². The van der Waals surface area contributed by atoms with Gasteiger partial charge in [-0.05, 0) is 38.4 Å². The van der Waals surface area contributed by atoms with Crippen LogP contribution < -0.4 is 10.2 Å². The molecule has 1 N–H and O–H groups in total. The Morgan fingerprint density at radius 1 is 1.04 bits per heavy atom. The Labute approximate surface area is 155 Å². The number of hydrogen-bond donors (Lipinski definition) is 1. The number of fused-ring (bicyclic) bond motifs is 1. The summed E-state index contributed by atoms with van der Waals surface area (Å²) in [6, 6.07) is 4.15. The molecule has 138 valence electrons. The molecule has 2 aromatic heterocycles. The normalized spacial score (nSPS) is 18.5. The van der Waals surface area contributed by atoms with Crippen molar-refractivity contribution < 1.29 is 0 Å². The Kier molecular flexibility index (Phi) is 5.13. The van der Waals surface area contributed by atoms with Crippen LogP contribution in [-0.4, -0.2) is 59.1 Å². The topological polar surface area (TPSA) is 57.2 Å². The molecule has 0 saturated carbocycles. The molecule has 1 saturated heterocycles. The molecule has 4 heterocycles. The van der Waals surface area contributed by atoms with E-state index in [0.717, 1.165) is 64.5 Å². The number of pyridine rings is 1. The van der Waals surface area contributed by atoms with Crippen LogP contribution in [0.1, 0.15) is 28.3 Å². The van der Waals surface area contributed by atoms with Crippen molar-refractivity contribution >= 4 is 5.82 Å². The summed E-state index contributed by atoms with van der Waals surface area (Å²) < 4.78 is 0. The summed E-state index contributed by atoms with van der Waals surface area (Å²) in [7, 11) is 0. The quantitative estimate of drug-likeness (QED) is 0.903. The molecule has 6 nitrogen and oxygen atoms in total. The van der Waals surface area contributed by atoms with Gasteiger partial charge in [0.05, 0.1) is 11.4 Å². The smallest absolute Gasteiger partial charge is 0.135 e. The van der Waals surface area contributed by atoms with Gasteiger partial charge in [0.15, 0.2) is 0 Å². The molecule has 4 rings (SSSR count). The summed E-state index contributed by atoms with van der Waals surface area (Å²) in [6.07, 6.45) is 3.93. The van der Waals surface area contributed by atoms with Crippen LogP contribution in [0.5, 0.6) is 0 Å². The molecule has 0 bridgehead atoms. The standard InChI is InChI=1S/C20H28N6/c1-15-4-3-7-22-19(15)14-25-10-12-26(13-11-25)20-17-5-8-21-9-6-18(17)23-16(2)24-20/h3-4,7,21H,5-6,8-14H2,1-2H3. The van der Waals surface area contributed by atoms with Crippen molar-refractivity contribution in [2.45, 2.75) is 33.2 Å². The fourth-order valence-corrected chi connectivity index (χ4v) is 3.92. The number of nitrogens with one attached hydrogen (secondary N) is 1. The molecule has 2 aromatic rings. The fraction of sp³-hybridized carbons (Fsp3) is 0.550. The molecule has 0 spiro atoms. The van der Waals surface area contributed by atoms with Crippen molar-refractivity contribution in [3.63, 3.8) is 0 Å². The second kappa shape index (κ2) is 7.68. The minimum Gasteiger partial charge on any atom is -0.354 e. The maximum atomic E-state index is 4.83. The monoisotopic (exact) mass is 352 g/mol. The van der Waals surface area contributed by atoms with Gasteiger partial charge in [-0.1, -0.05) is 6.07 Å². The van der Waals surface area contributed by atoms with Crippen LogP contribution in [0.4, 0.5) is 5.82 Å². The Bertz CT molecular complexity index is 767. The summed E-state index contributed by atoms with van der Waals surface area (Å²) in [5.41, 5.74) is 5.07. The van der Waals surface area contributed by atoms with Crippen molar-refractivity contribution in [2.24, 2.45) is 0 Å². The van der Waals surface area contributed by atoms with Crippen molar-refractivity contribution in [1.82, 2.24) is 25.2 Å². The molecule has 6 heteroatoms. The molecule has 2 aliphatic rings.